The van der Waals surface area contributed by atoms with Gasteiger partial charge in [0.15, 0.2) is 0 Å². The Balaban J connectivity index is 1.95. The van der Waals surface area contributed by atoms with E-state index in [1.54, 1.807) is 12.2 Å². The number of imidazole rings is 1. The van der Waals surface area contributed by atoms with Gasteiger partial charge in [0.1, 0.15) is 5.82 Å². The van der Waals surface area contributed by atoms with Crippen molar-refractivity contribution in [1.82, 2.24) is 14.9 Å². The maximum atomic E-state index is 11.5. The third-order valence-corrected chi connectivity index (χ3v) is 4.41. The maximum absolute atomic E-state index is 11.5. The second-order valence-corrected chi connectivity index (χ2v) is 6.48. The minimum Gasteiger partial charge on any atom is -0.353 e. The van der Waals surface area contributed by atoms with Crippen molar-refractivity contribution < 1.29 is 4.79 Å². The lowest BCUT2D eigenvalue weighted by atomic mass is 10.1. The molecule has 0 spiro atoms. The number of hydrogen-bond donors (Lipinski definition) is 1. The van der Waals surface area contributed by atoms with Crippen LogP contribution in [0, 0.1) is 0 Å². The molecule has 25 heavy (non-hydrogen) atoms. The number of para-hydroxylation sites is 2. The summed E-state index contributed by atoms with van der Waals surface area (Å²) in [5.74, 6) is 1.11. The number of aromatic nitrogens is 2. The summed E-state index contributed by atoms with van der Waals surface area (Å²) in [6.45, 7) is 5.81. The van der Waals surface area contributed by atoms with E-state index >= 15 is 0 Å². The Labute approximate surface area is 151 Å². The van der Waals surface area contributed by atoms with Crippen LogP contribution >= 0.6 is 0 Å². The number of fused-ring (bicyclic) bond motifs is 1. The fraction of sp³-hybridized carbons (Fsp3) is 0.524. The number of nitrogens with one attached hydrogen (secondary N) is 1. The summed E-state index contributed by atoms with van der Waals surface area (Å²) in [4.78, 5) is 16.3. The van der Waals surface area contributed by atoms with Crippen LogP contribution in [0.5, 0.6) is 0 Å². The van der Waals surface area contributed by atoms with Crippen molar-refractivity contribution in [2.45, 2.75) is 65.3 Å². The number of carbonyl (C=O) groups is 1. The summed E-state index contributed by atoms with van der Waals surface area (Å²) in [5.41, 5.74) is 2.30. The first-order valence-electron chi connectivity index (χ1n) is 9.61. The highest BCUT2D eigenvalue weighted by Gasteiger charge is 2.10. The first-order valence-corrected chi connectivity index (χ1v) is 9.61. The number of benzene rings is 1. The van der Waals surface area contributed by atoms with Gasteiger partial charge in [-0.15, -0.1) is 0 Å². The molecule has 0 fully saturated rings. The monoisotopic (exact) mass is 341 g/mol. The molecule has 136 valence electrons. The van der Waals surface area contributed by atoms with Gasteiger partial charge in [0.2, 0.25) is 5.91 Å². The van der Waals surface area contributed by atoms with Gasteiger partial charge in [-0.25, -0.2) is 4.98 Å². The molecular weight excluding hydrogens is 310 g/mol. The highest BCUT2D eigenvalue weighted by atomic mass is 16.1. The van der Waals surface area contributed by atoms with E-state index in [1.165, 1.54) is 37.6 Å². The van der Waals surface area contributed by atoms with Gasteiger partial charge in [-0.3, -0.25) is 4.79 Å². The Morgan fingerprint density at radius 2 is 1.96 bits per heavy atom. The largest absolute Gasteiger partial charge is 0.353 e. The first kappa shape index (κ1) is 19.2. The fourth-order valence-electron chi connectivity index (χ4n) is 3.11. The van der Waals surface area contributed by atoms with Gasteiger partial charge in [-0.05, 0) is 38.0 Å². The third kappa shape index (κ3) is 6.04. The van der Waals surface area contributed by atoms with Crippen LogP contribution in [-0.2, 0) is 17.8 Å². The molecule has 0 saturated heterocycles. The van der Waals surface area contributed by atoms with Crippen molar-refractivity contribution in [2.24, 2.45) is 0 Å². The quantitative estimate of drug-likeness (QED) is 0.478. The summed E-state index contributed by atoms with van der Waals surface area (Å²) in [7, 11) is 0. The number of allylic oxidation sites excluding steroid dienone is 1. The van der Waals surface area contributed by atoms with Crippen LogP contribution in [0.25, 0.3) is 11.0 Å². The lowest BCUT2D eigenvalue weighted by molar-refractivity contribution is -0.116. The lowest BCUT2D eigenvalue weighted by Gasteiger charge is -2.09. The molecule has 1 heterocycles. The maximum Gasteiger partial charge on any atom is 0.243 e. The highest BCUT2D eigenvalue weighted by molar-refractivity contribution is 5.87. The van der Waals surface area contributed by atoms with Gasteiger partial charge in [-0.2, -0.15) is 0 Å². The van der Waals surface area contributed by atoms with Gasteiger partial charge in [0, 0.05) is 19.5 Å². The number of rotatable bonds is 11. The molecule has 0 bridgehead atoms. The third-order valence-electron chi connectivity index (χ3n) is 4.41. The molecule has 0 aliphatic heterocycles. The molecule has 2 aromatic rings. The Bertz CT molecular complexity index is 688. The van der Waals surface area contributed by atoms with E-state index in [9.17, 15) is 4.79 Å². The van der Waals surface area contributed by atoms with Crippen LogP contribution in [0.3, 0.4) is 0 Å². The summed E-state index contributed by atoms with van der Waals surface area (Å²) >= 11 is 0. The predicted molar refractivity (Wildman–Crippen MR) is 105 cm³/mol. The smallest absolute Gasteiger partial charge is 0.243 e. The molecule has 0 radical (unpaired) electrons. The average molecular weight is 341 g/mol. The normalized spacial score (nSPS) is 11.4. The number of unbranched alkanes of at least 4 members (excludes halogenated alkanes) is 4. The summed E-state index contributed by atoms with van der Waals surface area (Å²) in [5, 5.41) is 2.91. The molecule has 0 unspecified atom stereocenters. The van der Waals surface area contributed by atoms with Crippen LogP contribution in [0.4, 0.5) is 0 Å². The van der Waals surface area contributed by atoms with Crippen molar-refractivity contribution in [3.8, 4) is 0 Å². The van der Waals surface area contributed by atoms with Gasteiger partial charge in [0.05, 0.1) is 11.0 Å². The number of carbonyl (C=O) groups excluding carboxylic acids is 1. The zero-order valence-electron chi connectivity index (χ0n) is 15.6. The Morgan fingerprint density at radius 1 is 1.16 bits per heavy atom. The lowest BCUT2D eigenvalue weighted by Crippen LogP contribution is -2.22. The molecule has 1 aromatic carbocycles. The van der Waals surface area contributed by atoms with E-state index in [4.69, 9.17) is 4.98 Å². The molecule has 1 N–H and O–H groups in total. The van der Waals surface area contributed by atoms with E-state index in [0.29, 0.717) is 6.54 Å². The summed E-state index contributed by atoms with van der Waals surface area (Å²) in [6.07, 6.45) is 11.5. The Hall–Kier alpha value is -2.10. The van der Waals surface area contributed by atoms with Crippen LogP contribution < -0.4 is 5.32 Å². The second kappa shape index (κ2) is 10.7. The Morgan fingerprint density at radius 3 is 2.76 bits per heavy atom. The number of nitrogens with zero attached hydrogens (tertiary/aromatic N) is 2. The standard InChI is InChI=1S/C21H31N3O/c1-3-5-6-7-10-17-24-19-14-9-8-13-18(19)23-20(24)15-11-16-22-21(25)12-4-2/h4,8-9,12-14H,3,5-7,10-11,15-17H2,1-2H3,(H,22,25)/b12-4-. The van der Waals surface area contributed by atoms with Crippen LogP contribution in [-0.4, -0.2) is 22.0 Å². The van der Waals surface area contributed by atoms with E-state index in [1.807, 2.05) is 13.0 Å². The van der Waals surface area contributed by atoms with Gasteiger partial charge in [-0.1, -0.05) is 50.8 Å². The zero-order valence-corrected chi connectivity index (χ0v) is 15.6. The first-order chi connectivity index (χ1) is 12.3. The molecular formula is C21H31N3O. The van der Waals surface area contributed by atoms with Crippen molar-refractivity contribution in [1.29, 1.82) is 0 Å². The fourth-order valence-corrected chi connectivity index (χ4v) is 3.11. The minimum atomic E-state index is -0.0214. The molecule has 0 atom stereocenters. The van der Waals surface area contributed by atoms with Crippen molar-refractivity contribution >= 4 is 16.9 Å². The molecule has 1 aromatic heterocycles. The SMILES string of the molecule is C/C=C\C(=O)NCCCc1nc2ccccc2n1CCCCCCC. The minimum absolute atomic E-state index is 0.0214. The second-order valence-electron chi connectivity index (χ2n) is 6.48. The van der Waals surface area contributed by atoms with E-state index in [2.05, 4.69) is 35.0 Å². The molecule has 2 rings (SSSR count). The van der Waals surface area contributed by atoms with E-state index in [-0.39, 0.29) is 5.91 Å². The zero-order chi connectivity index (χ0) is 17.9. The average Bonchev–Trinajstić information content (AvgIpc) is 2.96. The van der Waals surface area contributed by atoms with Gasteiger partial charge < -0.3 is 9.88 Å². The predicted octanol–water partition coefficient (Wildman–Crippen LogP) is 4.63. The molecule has 4 heteroatoms. The molecule has 1 amide bonds. The summed E-state index contributed by atoms with van der Waals surface area (Å²) in [6, 6.07) is 8.37. The number of aryl methyl sites for hydroxylation is 2. The Kier molecular flexibility index (Phi) is 8.23. The molecule has 0 saturated carbocycles. The highest BCUT2D eigenvalue weighted by Crippen LogP contribution is 2.18. The van der Waals surface area contributed by atoms with Crippen LogP contribution in [0.1, 0.15) is 58.2 Å². The van der Waals surface area contributed by atoms with E-state index in [0.717, 1.165) is 30.7 Å². The molecule has 0 aliphatic rings. The van der Waals surface area contributed by atoms with Crippen molar-refractivity contribution in [3.63, 3.8) is 0 Å². The topological polar surface area (TPSA) is 46.9 Å². The van der Waals surface area contributed by atoms with Crippen molar-refractivity contribution in [2.75, 3.05) is 6.54 Å². The van der Waals surface area contributed by atoms with E-state index < -0.39 is 0 Å². The van der Waals surface area contributed by atoms with Crippen LogP contribution in [0.2, 0.25) is 0 Å². The number of hydrogen-bond acceptors (Lipinski definition) is 2. The summed E-state index contributed by atoms with van der Waals surface area (Å²) < 4.78 is 2.37. The number of amides is 1. The molecule has 0 aliphatic carbocycles. The van der Waals surface area contributed by atoms with Gasteiger partial charge >= 0.3 is 0 Å². The molecule has 4 nitrogen and oxygen atoms in total. The van der Waals surface area contributed by atoms with Gasteiger partial charge in [0.25, 0.3) is 0 Å². The van der Waals surface area contributed by atoms with Crippen LogP contribution in [0.15, 0.2) is 36.4 Å². The van der Waals surface area contributed by atoms with Crippen molar-refractivity contribution in [3.05, 3.63) is 42.2 Å².